The predicted octanol–water partition coefficient (Wildman–Crippen LogP) is 3.48. The van der Waals surface area contributed by atoms with Gasteiger partial charge in [0, 0.05) is 24.4 Å². The molecule has 0 N–H and O–H groups in total. The van der Waals surface area contributed by atoms with Gasteiger partial charge in [0.15, 0.2) is 5.69 Å². The average Bonchev–Trinajstić information content (AvgIpc) is 3.05. The van der Waals surface area contributed by atoms with Gasteiger partial charge in [-0.2, -0.15) is 5.10 Å². The minimum Gasteiger partial charge on any atom is -0.332 e. The molecule has 2 aromatic heterocycles. The maximum Gasteiger partial charge on any atom is 0.275 e. The van der Waals surface area contributed by atoms with Crippen LogP contribution in [0.4, 0.5) is 0 Å². The number of carbonyl (C=O) groups excluding carboxylic acids is 1. The number of hydrogen-bond acceptors (Lipinski definition) is 4. The van der Waals surface area contributed by atoms with Gasteiger partial charge < -0.3 is 4.90 Å². The Hall–Kier alpha value is -2.21. The number of nitrogens with zero attached hydrogens (tertiary/aromatic N) is 4. The minimum atomic E-state index is -0.0896. The second-order valence-corrected chi connectivity index (χ2v) is 7.16. The second-order valence-electron chi connectivity index (χ2n) is 5.76. The van der Waals surface area contributed by atoms with E-state index in [0.29, 0.717) is 5.69 Å². The lowest BCUT2D eigenvalue weighted by molar-refractivity contribution is 0.0735. The van der Waals surface area contributed by atoms with Crippen LogP contribution in [-0.4, -0.2) is 32.6 Å². The van der Waals surface area contributed by atoms with Gasteiger partial charge in [-0.25, -0.2) is 4.98 Å². The lowest BCUT2D eigenvalue weighted by Crippen LogP contribution is -2.30. The number of carbonyl (C=O) groups is 1. The summed E-state index contributed by atoms with van der Waals surface area (Å²) in [7, 11) is 3.67. The van der Waals surface area contributed by atoms with E-state index in [9.17, 15) is 4.79 Å². The van der Waals surface area contributed by atoms with Crippen molar-refractivity contribution in [2.45, 2.75) is 26.8 Å². The Morgan fingerprint density at radius 3 is 2.65 bits per heavy atom. The standard InChI is InChI=1S/C17H20N4OS/c1-10(15-11(2)23-12(3)18-15)20(4)17(22)16-13-8-6-7-9-14(13)21(5)19-16/h6-10H,1-5H3. The van der Waals surface area contributed by atoms with E-state index >= 15 is 0 Å². The van der Waals surface area contributed by atoms with E-state index in [1.54, 1.807) is 20.9 Å². The molecule has 120 valence electrons. The van der Waals surface area contributed by atoms with Crippen LogP contribution in [0.1, 0.15) is 39.0 Å². The molecule has 0 saturated heterocycles. The fourth-order valence-electron chi connectivity index (χ4n) is 2.83. The third-order valence-electron chi connectivity index (χ3n) is 4.20. The van der Waals surface area contributed by atoms with Crippen molar-refractivity contribution in [2.24, 2.45) is 7.05 Å². The summed E-state index contributed by atoms with van der Waals surface area (Å²) < 4.78 is 1.75. The molecule has 3 rings (SSSR count). The molecule has 6 heteroatoms. The van der Waals surface area contributed by atoms with Gasteiger partial charge in [-0.3, -0.25) is 9.48 Å². The average molecular weight is 328 g/mol. The normalized spacial score (nSPS) is 12.6. The predicted molar refractivity (Wildman–Crippen MR) is 92.8 cm³/mol. The third-order valence-corrected chi connectivity index (χ3v) is 5.10. The smallest absolute Gasteiger partial charge is 0.275 e. The highest BCUT2D eigenvalue weighted by Gasteiger charge is 2.26. The van der Waals surface area contributed by atoms with Crippen LogP contribution in [0.25, 0.3) is 10.9 Å². The minimum absolute atomic E-state index is 0.0839. The molecule has 0 bridgehead atoms. The highest BCUT2D eigenvalue weighted by Crippen LogP contribution is 2.28. The third kappa shape index (κ3) is 2.63. The lowest BCUT2D eigenvalue weighted by atomic mass is 10.1. The van der Waals surface area contributed by atoms with E-state index in [0.717, 1.165) is 26.5 Å². The van der Waals surface area contributed by atoms with Crippen LogP contribution in [-0.2, 0) is 7.05 Å². The Balaban J connectivity index is 1.97. The molecule has 0 spiro atoms. The van der Waals surface area contributed by atoms with E-state index in [1.165, 1.54) is 0 Å². The fraction of sp³-hybridized carbons (Fsp3) is 0.353. The molecule has 0 fully saturated rings. The van der Waals surface area contributed by atoms with Crippen molar-refractivity contribution >= 4 is 28.1 Å². The van der Waals surface area contributed by atoms with Gasteiger partial charge in [-0.1, -0.05) is 18.2 Å². The van der Waals surface area contributed by atoms with Crippen molar-refractivity contribution in [2.75, 3.05) is 7.05 Å². The van der Waals surface area contributed by atoms with Crippen LogP contribution in [0.15, 0.2) is 24.3 Å². The summed E-state index contributed by atoms with van der Waals surface area (Å²) in [4.78, 5) is 20.4. The maximum atomic E-state index is 12.9. The van der Waals surface area contributed by atoms with Gasteiger partial charge in [0.05, 0.1) is 22.3 Å². The summed E-state index contributed by atoms with van der Waals surface area (Å²) in [6, 6.07) is 7.70. The van der Waals surface area contributed by atoms with Gasteiger partial charge in [0.1, 0.15) is 0 Å². The zero-order chi connectivity index (χ0) is 16.7. The van der Waals surface area contributed by atoms with Gasteiger partial charge >= 0.3 is 0 Å². The highest BCUT2D eigenvalue weighted by molar-refractivity contribution is 7.11. The molecule has 1 amide bonds. The quantitative estimate of drug-likeness (QED) is 0.739. The summed E-state index contributed by atoms with van der Waals surface area (Å²) in [5.41, 5.74) is 2.41. The zero-order valence-corrected chi connectivity index (χ0v) is 14.8. The highest BCUT2D eigenvalue weighted by atomic mass is 32.1. The molecule has 0 aliphatic rings. The molecule has 1 aromatic carbocycles. The molecule has 5 nitrogen and oxygen atoms in total. The summed E-state index contributed by atoms with van der Waals surface area (Å²) in [5.74, 6) is -0.0839. The Morgan fingerprint density at radius 2 is 2.00 bits per heavy atom. The number of amides is 1. The molecule has 3 aromatic rings. The van der Waals surface area contributed by atoms with Crippen molar-refractivity contribution in [3.05, 3.63) is 45.5 Å². The number of rotatable bonds is 3. The topological polar surface area (TPSA) is 51.0 Å². The number of aryl methyl sites for hydroxylation is 3. The number of hydrogen-bond donors (Lipinski definition) is 0. The maximum absolute atomic E-state index is 12.9. The fourth-order valence-corrected chi connectivity index (χ4v) is 3.74. The van der Waals surface area contributed by atoms with Crippen LogP contribution in [0.3, 0.4) is 0 Å². The molecule has 2 heterocycles. The Labute approximate surface area is 139 Å². The van der Waals surface area contributed by atoms with Crippen LogP contribution < -0.4 is 0 Å². The summed E-state index contributed by atoms with van der Waals surface area (Å²) >= 11 is 1.66. The van der Waals surface area contributed by atoms with E-state index in [-0.39, 0.29) is 11.9 Å². The number of thiazole rings is 1. The van der Waals surface area contributed by atoms with Crippen molar-refractivity contribution < 1.29 is 4.79 Å². The van der Waals surface area contributed by atoms with E-state index in [4.69, 9.17) is 0 Å². The van der Waals surface area contributed by atoms with E-state index in [2.05, 4.69) is 10.1 Å². The zero-order valence-electron chi connectivity index (χ0n) is 14.0. The lowest BCUT2D eigenvalue weighted by Gasteiger charge is -2.23. The second kappa shape index (κ2) is 5.77. The number of aromatic nitrogens is 3. The first kappa shape index (κ1) is 15.7. The van der Waals surface area contributed by atoms with Gasteiger partial charge in [-0.05, 0) is 26.8 Å². The van der Waals surface area contributed by atoms with Gasteiger partial charge in [0.25, 0.3) is 5.91 Å². The largest absolute Gasteiger partial charge is 0.332 e. The van der Waals surface area contributed by atoms with Crippen LogP contribution >= 0.6 is 11.3 Å². The van der Waals surface area contributed by atoms with Crippen LogP contribution in [0, 0.1) is 13.8 Å². The molecular weight excluding hydrogens is 308 g/mol. The van der Waals surface area contributed by atoms with Gasteiger partial charge in [0.2, 0.25) is 0 Å². The van der Waals surface area contributed by atoms with E-state index < -0.39 is 0 Å². The van der Waals surface area contributed by atoms with Crippen LogP contribution in [0.5, 0.6) is 0 Å². The molecule has 1 unspecified atom stereocenters. The molecule has 23 heavy (non-hydrogen) atoms. The van der Waals surface area contributed by atoms with Crippen LogP contribution in [0.2, 0.25) is 0 Å². The van der Waals surface area contributed by atoms with E-state index in [1.807, 2.05) is 59.1 Å². The Morgan fingerprint density at radius 1 is 1.30 bits per heavy atom. The molecule has 1 atom stereocenters. The van der Waals surface area contributed by atoms with Crippen molar-refractivity contribution in [3.63, 3.8) is 0 Å². The summed E-state index contributed by atoms with van der Waals surface area (Å²) in [5, 5.41) is 6.32. The number of benzene rings is 1. The summed E-state index contributed by atoms with van der Waals surface area (Å²) in [6.07, 6.45) is 0. The first-order chi connectivity index (χ1) is 10.9. The Bertz CT molecular complexity index is 880. The van der Waals surface area contributed by atoms with Crippen molar-refractivity contribution in [1.29, 1.82) is 0 Å². The first-order valence-electron chi connectivity index (χ1n) is 7.53. The molecule has 0 aliphatic heterocycles. The van der Waals surface area contributed by atoms with Crippen molar-refractivity contribution in [3.8, 4) is 0 Å². The number of para-hydroxylation sites is 1. The molecule has 0 aliphatic carbocycles. The monoisotopic (exact) mass is 328 g/mol. The number of fused-ring (bicyclic) bond motifs is 1. The Kier molecular flexibility index (Phi) is 3.93. The first-order valence-corrected chi connectivity index (χ1v) is 8.34. The SMILES string of the molecule is Cc1nc(C(C)N(C)C(=O)c2nn(C)c3ccccc23)c(C)s1. The summed E-state index contributed by atoms with van der Waals surface area (Å²) in [6.45, 7) is 6.04. The molecule has 0 radical (unpaired) electrons. The molecular formula is C17H20N4OS. The van der Waals surface area contributed by atoms with Crippen molar-refractivity contribution in [1.82, 2.24) is 19.7 Å². The van der Waals surface area contributed by atoms with Gasteiger partial charge in [-0.15, -0.1) is 11.3 Å². The molecule has 0 saturated carbocycles.